The fourth-order valence-corrected chi connectivity index (χ4v) is 2.93. The quantitative estimate of drug-likeness (QED) is 0.774. The second-order valence-electron chi connectivity index (χ2n) is 6.20. The molecule has 0 aromatic heterocycles. The van der Waals surface area contributed by atoms with Crippen molar-refractivity contribution in [2.24, 2.45) is 0 Å². The van der Waals surface area contributed by atoms with E-state index in [9.17, 15) is 19.5 Å². The van der Waals surface area contributed by atoms with E-state index in [4.69, 9.17) is 4.74 Å². The Balaban J connectivity index is 1.60. The number of fused-ring (bicyclic) bond motifs is 1. The van der Waals surface area contributed by atoms with Crippen LogP contribution in [0.1, 0.15) is 12.0 Å². The minimum atomic E-state index is -1.10. The predicted molar refractivity (Wildman–Crippen MR) is 98.6 cm³/mol. The second kappa shape index (κ2) is 8.35. The van der Waals surface area contributed by atoms with Crippen LogP contribution >= 0.6 is 0 Å². The maximum atomic E-state index is 12.3. The molecule has 0 saturated heterocycles. The van der Waals surface area contributed by atoms with E-state index >= 15 is 0 Å². The third-order valence-corrected chi connectivity index (χ3v) is 4.29. The lowest BCUT2D eigenvalue weighted by Gasteiger charge is -2.29. The zero-order valence-electron chi connectivity index (χ0n) is 14.6. The number of para-hydroxylation sites is 2. The number of carboxylic acid groups (broad SMARTS) is 1. The van der Waals surface area contributed by atoms with Crippen LogP contribution in [0.15, 0.2) is 54.6 Å². The third kappa shape index (κ3) is 4.63. The van der Waals surface area contributed by atoms with Crippen LogP contribution in [-0.2, 0) is 20.8 Å². The molecule has 1 aliphatic heterocycles. The Morgan fingerprint density at radius 2 is 1.81 bits per heavy atom. The fraction of sp³-hybridized carbons (Fsp3) is 0.250. The molecule has 7 heteroatoms. The summed E-state index contributed by atoms with van der Waals surface area (Å²) in [6.45, 7) is 0.0765. The number of aliphatic carboxylic acids is 1. The number of benzene rings is 2. The van der Waals surface area contributed by atoms with Gasteiger partial charge < -0.3 is 20.1 Å². The van der Waals surface area contributed by atoms with Gasteiger partial charge in [0.15, 0.2) is 6.61 Å². The molecule has 0 spiro atoms. The minimum absolute atomic E-state index is 0.00135. The van der Waals surface area contributed by atoms with E-state index in [1.54, 1.807) is 24.3 Å². The maximum absolute atomic E-state index is 12.3. The fourth-order valence-electron chi connectivity index (χ4n) is 2.93. The number of ether oxygens (including phenoxy) is 1. The van der Waals surface area contributed by atoms with Crippen LogP contribution in [0.4, 0.5) is 5.69 Å². The first-order valence-corrected chi connectivity index (χ1v) is 8.63. The summed E-state index contributed by atoms with van der Waals surface area (Å²) in [4.78, 5) is 37.3. The first-order chi connectivity index (χ1) is 13.0. The van der Waals surface area contributed by atoms with Crippen LogP contribution in [-0.4, -0.2) is 42.1 Å². The Hall–Kier alpha value is -3.35. The summed E-state index contributed by atoms with van der Waals surface area (Å²) in [5.41, 5.74) is 1.43. The number of nitrogens with one attached hydrogen (secondary N) is 1. The van der Waals surface area contributed by atoms with E-state index in [1.165, 1.54) is 4.90 Å². The average molecular weight is 368 g/mol. The van der Waals surface area contributed by atoms with E-state index < -0.39 is 17.9 Å². The number of anilines is 1. The number of carbonyl (C=O) groups excluding carboxylic acids is 2. The maximum Gasteiger partial charge on any atom is 0.326 e. The lowest BCUT2D eigenvalue weighted by atomic mass is 10.1. The van der Waals surface area contributed by atoms with Gasteiger partial charge in [-0.3, -0.25) is 9.59 Å². The van der Waals surface area contributed by atoms with Gasteiger partial charge in [-0.1, -0.05) is 42.5 Å². The summed E-state index contributed by atoms with van der Waals surface area (Å²) in [5, 5.41) is 11.9. The SMILES string of the molecule is O=C(CCN1C(=O)COc2ccccc21)N[C@@H](Cc1ccccc1)C(=O)O. The van der Waals surface area contributed by atoms with Gasteiger partial charge in [0.2, 0.25) is 5.91 Å². The molecule has 3 rings (SSSR count). The molecular weight excluding hydrogens is 348 g/mol. The zero-order chi connectivity index (χ0) is 19.2. The van der Waals surface area contributed by atoms with E-state index in [1.807, 2.05) is 30.3 Å². The van der Waals surface area contributed by atoms with Crippen molar-refractivity contribution < 1.29 is 24.2 Å². The molecule has 0 bridgehead atoms. The molecule has 1 heterocycles. The Morgan fingerprint density at radius 3 is 2.56 bits per heavy atom. The van der Waals surface area contributed by atoms with E-state index in [0.717, 1.165) is 5.56 Å². The summed E-state index contributed by atoms with van der Waals surface area (Å²) in [7, 11) is 0. The molecule has 0 fully saturated rings. The van der Waals surface area contributed by atoms with Crippen LogP contribution in [0.3, 0.4) is 0 Å². The highest BCUT2D eigenvalue weighted by molar-refractivity contribution is 5.98. The first-order valence-electron chi connectivity index (χ1n) is 8.63. The Bertz CT molecular complexity index is 837. The van der Waals surface area contributed by atoms with Gasteiger partial charge in [-0.2, -0.15) is 0 Å². The largest absolute Gasteiger partial charge is 0.482 e. The van der Waals surface area contributed by atoms with Crippen LogP contribution in [0.25, 0.3) is 0 Å². The highest BCUT2D eigenvalue weighted by Gasteiger charge is 2.26. The number of amides is 2. The summed E-state index contributed by atoms with van der Waals surface area (Å²) >= 11 is 0. The standard InChI is InChI=1S/C20H20N2O5/c23-18(21-15(20(25)26)12-14-6-2-1-3-7-14)10-11-22-16-8-4-5-9-17(16)27-13-19(22)24/h1-9,15H,10-13H2,(H,21,23)(H,25,26)/t15-/m0/s1. The molecule has 27 heavy (non-hydrogen) atoms. The topological polar surface area (TPSA) is 95.9 Å². The Kier molecular flexibility index (Phi) is 5.71. The summed E-state index contributed by atoms with van der Waals surface area (Å²) in [6, 6.07) is 15.2. The van der Waals surface area contributed by atoms with Crippen molar-refractivity contribution in [3.63, 3.8) is 0 Å². The van der Waals surface area contributed by atoms with Crippen LogP contribution in [0.2, 0.25) is 0 Å². The van der Waals surface area contributed by atoms with E-state index in [-0.39, 0.29) is 31.9 Å². The Morgan fingerprint density at radius 1 is 1.11 bits per heavy atom. The van der Waals surface area contributed by atoms with Gasteiger partial charge in [-0.05, 0) is 17.7 Å². The van der Waals surface area contributed by atoms with Gasteiger partial charge >= 0.3 is 5.97 Å². The zero-order valence-corrected chi connectivity index (χ0v) is 14.6. The summed E-state index contributed by atoms with van der Waals surface area (Å²) in [6.07, 6.45) is 0.194. The minimum Gasteiger partial charge on any atom is -0.482 e. The first kappa shape index (κ1) is 18.4. The third-order valence-electron chi connectivity index (χ3n) is 4.29. The molecule has 0 radical (unpaired) electrons. The van der Waals surface area contributed by atoms with Gasteiger partial charge in [0.05, 0.1) is 5.69 Å². The van der Waals surface area contributed by atoms with Crippen molar-refractivity contribution in [2.75, 3.05) is 18.1 Å². The molecular formula is C20H20N2O5. The summed E-state index contributed by atoms with van der Waals surface area (Å²) < 4.78 is 5.37. The number of carbonyl (C=O) groups is 3. The molecule has 140 valence electrons. The molecule has 1 atom stereocenters. The van der Waals surface area contributed by atoms with Crippen molar-refractivity contribution in [1.29, 1.82) is 0 Å². The van der Waals surface area contributed by atoms with Crippen molar-refractivity contribution in [1.82, 2.24) is 5.32 Å². The second-order valence-corrected chi connectivity index (χ2v) is 6.20. The van der Waals surface area contributed by atoms with Gasteiger partial charge in [-0.25, -0.2) is 4.79 Å². The smallest absolute Gasteiger partial charge is 0.326 e. The molecule has 2 N–H and O–H groups in total. The molecule has 0 unspecified atom stereocenters. The lowest BCUT2D eigenvalue weighted by Crippen LogP contribution is -2.45. The number of hydrogen-bond acceptors (Lipinski definition) is 4. The molecule has 2 aromatic rings. The van der Waals surface area contributed by atoms with Gasteiger partial charge in [0.1, 0.15) is 11.8 Å². The van der Waals surface area contributed by atoms with Crippen LogP contribution in [0, 0.1) is 0 Å². The average Bonchev–Trinajstić information content (AvgIpc) is 2.67. The number of hydrogen-bond donors (Lipinski definition) is 2. The van der Waals surface area contributed by atoms with Crippen molar-refractivity contribution in [2.45, 2.75) is 18.9 Å². The highest BCUT2D eigenvalue weighted by Crippen LogP contribution is 2.31. The molecule has 2 amide bonds. The van der Waals surface area contributed by atoms with E-state index in [2.05, 4.69) is 5.32 Å². The normalized spacial score (nSPS) is 14.1. The van der Waals surface area contributed by atoms with Gasteiger partial charge in [0, 0.05) is 19.4 Å². The predicted octanol–water partition coefficient (Wildman–Crippen LogP) is 1.61. The van der Waals surface area contributed by atoms with Gasteiger partial charge in [-0.15, -0.1) is 0 Å². The monoisotopic (exact) mass is 368 g/mol. The molecule has 0 saturated carbocycles. The highest BCUT2D eigenvalue weighted by atomic mass is 16.5. The van der Waals surface area contributed by atoms with Gasteiger partial charge in [0.25, 0.3) is 5.91 Å². The van der Waals surface area contributed by atoms with Crippen molar-refractivity contribution >= 4 is 23.5 Å². The number of rotatable bonds is 7. The molecule has 1 aliphatic rings. The number of carboxylic acids is 1. The number of nitrogens with zero attached hydrogens (tertiary/aromatic N) is 1. The lowest BCUT2D eigenvalue weighted by molar-refractivity contribution is -0.141. The van der Waals surface area contributed by atoms with Crippen molar-refractivity contribution in [3.8, 4) is 5.75 Å². The molecule has 0 aliphatic carbocycles. The van der Waals surface area contributed by atoms with E-state index in [0.29, 0.717) is 11.4 Å². The molecule has 2 aromatic carbocycles. The van der Waals surface area contributed by atoms with Crippen LogP contribution < -0.4 is 15.0 Å². The molecule has 7 nitrogen and oxygen atoms in total. The van der Waals surface area contributed by atoms with Crippen LogP contribution in [0.5, 0.6) is 5.75 Å². The summed E-state index contributed by atoms with van der Waals surface area (Å²) in [5.74, 6) is -1.17. The van der Waals surface area contributed by atoms with Crippen molar-refractivity contribution in [3.05, 3.63) is 60.2 Å². The Labute approximate surface area is 156 Å².